The molecule has 3 unspecified atom stereocenters. The normalized spacial score (nSPS) is 26.7. The van der Waals surface area contributed by atoms with Crippen molar-refractivity contribution in [1.29, 1.82) is 0 Å². The van der Waals surface area contributed by atoms with Crippen LogP contribution in [0.4, 0.5) is 13.2 Å². The lowest BCUT2D eigenvalue weighted by Gasteiger charge is -2.31. The van der Waals surface area contributed by atoms with Crippen LogP contribution in [0, 0.1) is 11.8 Å². The van der Waals surface area contributed by atoms with Crippen molar-refractivity contribution in [2.45, 2.75) is 51.2 Å². The second-order valence-electron chi connectivity index (χ2n) is 4.95. The molecule has 3 N–H and O–H groups in total. The van der Waals surface area contributed by atoms with Crippen LogP contribution in [0.25, 0.3) is 0 Å². The van der Waals surface area contributed by atoms with Gasteiger partial charge in [-0.15, -0.1) is 0 Å². The summed E-state index contributed by atoms with van der Waals surface area (Å²) in [5.74, 6) is -1.79. The van der Waals surface area contributed by atoms with E-state index in [9.17, 15) is 18.0 Å². The molecule has 106 valence electrons. The van der Waals surface area contributed by atoms with Crippen molar-refractivity contribution in [3.63, 3.8) is 0 Å². The number of hydrogen-bond acceptors (Lipinski definition) is 2. The molecular weight excluding hydrogens is 245 g/mol. The van der Waals surface area contributed by atoms with Gasteiger partial charge in [0.05, 0.1) is 5.92 Å². The molecule has 0 aliphatic heterocycles. The number of rotatable bonds is 4. The largest absolute Gasteiger partial charge is 0.391 e. The molecule has 0 saturated heterocycles. The Bertz CT molecular complexity index is 277. The number of nitrogens with one attached hydrogen (secondary N) is 1. The van der Waals surface area contributed by atoms with Crippen LogP contribution in [0.3, 0.4) is 0 Å². The summed E-state index contributed by atoms with van der Waals surface area (Å²) in [7, 11) is 0. The average molecular weight is 266 g/mol. The van der Waals surface area contributed by atoms with Crippen molar-refractivity contribution < 1.29 is 18.0 Å². The van der Waals surface area contributed by atoms with Crippen LogP contribution in [0.1, 0.15) is 39.0 Å². The molecule has 0 aromatic rings. The van der Waals surface area contributed by atoms with Crippen molar-refractivity contribution in [2.75, 3.05) is 6.54 Å². The summed E-state index contributed by atoms with van der Waals surface area (Å²) in [6.45, 7) is 2.08. The van der Waals surface area contributed by atoms with Crippen LogP contribution in [0.5, 0.6) is 0 Å². The highest BCUT2D eigenvalue weighted by molar-refractivity contribution is 5.79. The fourth-order valence-electron chi connectivity index (χ4n) is 2.40. The fraction of sp³-hybridized carbons (Fsp3) is 0.917. The molecule has 6 heteroatoms. The number of carbonyl (C=O) groups is 1. The van der Waals surface area contributed by atoms with Gasteiger partial charge in [0.25, 0.3) is 0 Å². The van der Waals surface area contributed by atoms with Crippen molar-refractivity contribution in [3.05, 3.63) is 0 Å². The monoisotopic (exact) mass is 266 g/mol. The summed E-state index contributed by atoms with van der Waals surface area (Å²) < 4.78 is 37.8. The van der Waals surface area contributed by atoms with E-state index in [2.05, 4.69) is 5.32 Å². The Morgan fingerprint density at radius 3 is 2.61 bits per heavy atom. The predicted octanol–water partition coefficient (Wildman–Crippen LogP) is 2.21. The summed E-state index contributed by atoms with van der Waals surface area (Å²) in [5, 5.41) is 2.70. The molecule has 0 heterocycles. The van der Waals surface area contributed by atoms with E-state index < -0.39 is 12.1 Å². The van der Waals surface area contributed by atoms with Crippen molar-refractivity contribution in [3.8, 4) is 0 Å². The first-order valence-corrected chi connectivity index (χ1v) is 6.45. The van der Waals surface area contributed by atoms with E-state index in [4.69, 9.17) is 5.73 Å². The van der Waals surface area contributed by atoms with Crippen LogP contribution in [-0.4, -0.2) is 24.7 Å². The van der Waals surface area contributed by atoms with Gasteiger partial charge in [-0.25, -0.2) is 0 Å². The van der Waals surface area contributed by atoms with E-state index in [0.29, 0.717) is 19.3 Å². The molecule has 1 rings (SSSR count). The third kappa shape index (κ3) is 4.15. The average Bonchev–Trinajstić information content (AvgIpc) is 2.29. The second kappa shape index (κ2) is 6.41. The predicted molar refractivity (Wildman–Crippen MR) is 62.8 cm³/mol. The zero-order valence-corrected chi connectivity index (χ0v) is 10.6. The Balaban J connectivity index is 2.50. The molecule has 0 spiro atoms. The number of carbonyl (C=O) groups excluding carboxylic acids is 1. The van der Waals surface area contributed by atoms with Crippen molar-refractivity contribution in [1.82, 2.24) is 5.32 Å². The lowest BCUT2D eigenvalue weighted by atomic mass is 9.85. The Morgan fingerprint density at radius 1 is 1.44 bits per heavy atom. The van der Waals surface area contributed by atoms with Crippen molar-refractivity contribution in [2.24, 2.45) is 17.6 Å². The molecule has 3 atom stereocenters. The zero-order valence-electron chi connectivity index (χ0n) is 10.6. The number of halogens is 3. The van der Waals surface area contributed by atoms with Gasteiger partial charge in [0.15, 0.2) is 0 Å². The van der Waals surface area contributed by atoms with Crippen LogP contribution >= 0.6 is 0 Å². The van der Waals surface area contributed by atoms with E-state index in [-0.39, 0.29) is 37.3 Å². The second-order valence-corrected chi connectivity index (χ2v) is 4.95. The van der Waals surface area contributed by atoms with E-state index in [1.165, 1.54) is 0 Å². The standard InChI is InChI=1S/C12H21F3N2O/c1-2-8(7-16)11(18)17-10-5-3-4-9(6-10)12(13,14)15/h8-10H,2-7,16H2,1H3,(H,17,18). The van der Waals surface area contributed by atoms with Gasteiger partial charge in [0.1, 0.15) is 0 Å². The van der Waals surface area contributed by atoms with E-state index in [1.54, 1.807) is 0 Å². The number of nitrogens with two attached hydrogens (primary N) is 1. The van der Waals surface area contributed by atoms with Gasteiger partial charge < -0.3 is 11.1 Å². The number of amides is 1. The molecule has 1 aliphatic rings. The van der Waals surface area contributed by atoms with Gasteiger partial charge >= 0.3 is 6.18 Å². The van der Waals surface area contributed by atoms with Crippen LogP contribution in [0.2, 0.25) is 0 Å². The minimum atomic E-state index is -4.15. The molecule has 0 aromatic carbocycles. The Hall–Kier alpha value is -0.780. The van der Waals surface area contributed by atoms with E-state index in [1.807, 2.05) is 6.92 Å². The number of hydrogen-bond donors (Lipinski definition) is 2. The summed E-state index contributed by atoms with van der Waals surface area (Å²) in [5.41, 5.74) is 5.45. The zero-order chi connectivity index (χ0) is 13.8. The highest BCUT2D eigenvalue weighted by atomic mass is 19.4. The maximum atomic E-state index is 12.6. The summed E-state index contributed by atoms with van der Waals surface area (Å²) in [6, 6.07) is -0.363. The molecular formula is C12H21F3N2O. The van der Waals surface area contributed by atoms with Gasteiger partial charge in [-0.05, 0) is 25.7 Å². The Morgan fingerprint density at radius 2 is 2.11 bits per heavy atom. The molecule has 0 radical (unpaired) electrons. The fourth-order valence-corrected chi connectivity index (χ4v) is 2.40. The van der Waals surface area contributed by atoms with Gasteiger partial charge in [-0.3, -0.25) is 4.79 Å². The molecule has 1 amide bonds. The van der Waals surface area contributed by atoms with Gasteiger partial charge in [-0.2, -0.15) is 13.2 Å². The molecule has 0 aromatic heterocycles. The maximum Gasteiger partial charge on any atom is 0.391 e. The first-order valence-electron chi connectivity index (χ1n) is 6.45. The lowest BCUT2D eigenvalue weighted by Crippen LogP contribution is -2.45. The van der Waals surface area contributed by atoms with Gasteiger partial charge in [-0.1, -0.05) is 13.3 Å². The highest BCUT2D eigenvalue weighted by Gasteiger charge is 2.42. The summed E-state index contributed by atoms with van der Waals surface area (Å²) >= 11 is 0. The molecule has 1 saturated carbocycles. The molecule has 0 bridgehead atoms. The molecule has 1 fully saturated rings. The van der Waals surface area contributed by atoms with Crippen LogP contribution < -0.4 is 11.1 Å². The molecule has 1 aliphatic carbocycles. The molecule has 3 nitrogen and oxygen atoms in total. The Kier molecular flexibility index (Phi) is 5.44. The maximum absolute atomic E-state index is 12.6. The van der Waals surface area contributed by atoms with Gasteiger partial charge in [0.2, 0.25) is 5.91 Å². The first kappa shape index (κ1) is 15.3. The summed E-state index contributed by atoms with van der Waals surface area (Å²) in [6.07, 6.45) is -2.24. The third-order valence-corrected chi connectivity index (χ3v) is 3.63. The first-order chi connectivity index (χ1) is 8.38. The van der Waals surface area contributed by atoms with Gasteiger partial charge in [0, 0.05) is 18.5 Å². The van der Waals surface area contributed by atoms with Crippen LogP contribution in [-0.2, 0) is 4.79 Å². The highest BCUT2D eigenvalue weighted by Crippen LogP contribution is 2.37. The minimum absolute atomic E-state index is 0.00372. The van der Waals surface area contributed by atoms with Crippen LogP contribution in [0.15, 0.2) is 0 Å². The van der Waals surface area contributed by atoms with E-state index in [0.717, 1.165) is 0 Å². The molecule has 18 heavy (non-hydrogen) atoms. The quantitative estimate of drug-likeness (QED) is 0.819. The smallest absolute Gasteiger partial charge is 0.353 e. The summed E-state index contributed by atoms with van der Waals surface area (Å²) in [4.78, 5) is 11.8. The number of alkyl halides is 3. The topological polar surface area (TPSA) is 55.1 Å². The Labute approximate surface area is 105 Å². The van der Waals surface area contributed by atoms with Crippen molar-refractivity contribution >= 4 is 5.91 Å². The minimum Gasteiger partial charge on any atom is -0.353 e. The third-order valence-electron chi connectivity index (χ3n) is 3.63. The SMILES string of the molecule is CCC(CN)C(=O)NC1CCCC(C(F)(F)F)C1. The lowest BCUT2D eigenvalue weighted by molar-refractivity contribution is -0.184. The van der Waals surface area contributed by atoms with E-state index >= 15 is 0 Å².